The van der Waals surface area contributed by atoms with Gasteiger partial charge in [0.2, 0.25) is 5.76 Å². The summed E-state index contributed by atoms with van der Waals surface area (Å²) in [5.74, 6) is 0.755. The molecule has 1 unspecified atom stereocenters. The topological polar surface area (TPSA) is 89.2 Å². The van der Waals surface area contributed by atoms with Crippen molar-refractivity contribution >= 4 is 16.9 Å². The van der Waals surface area contributed by atoms with Gasteiger partial charge in [-0.25, -0.2) is 0 Å². The second kappa shape index (κ2) is 9.73. The average Bonchev–Trinajstić information content (AvgIpc) is 3.09. The van der Waals surface area contributed by atoms with E-state index in [-0.39, 0.29) is 30.2 Å². The Kier molecular flexibility index (Phi) is 6.75. The Morgan fingerprint density at radius 3 is 2.65 bits per heavy atom. The Balaban J connectivity index is 1.93. The molecule has 0 saturated heterocycles. The van der Waals surface area contributed by atoms with Crippen LogP contribution in [0.1, 0.15) is 52.2 Å². The van der Waals surface area contributed by atoms with Crippen molar-refractivity contribution in [2.24, 2.45) is 0 Å². The largest absolute Gasteiger partial charge is 0.490 e. The number of rotatable bonds is 9. The van der Waals surface area contributed by atoms with Gasteiger partial charge in [0.15, 0.2) is 16.9 Å². The number of aliphatic hydroxyl groups is 1. The molecule has 1 N–H and O–H groups in total. The number of amides is 1. The molecule has 1 amide bonds. The van der Waals surface area contributed by atoms with Crippen molar-refractivity contribution in [1.82, 2.24) is 4.90 Å². The first-order valence-corrected chi connectivity index (χ1v) is 11.4. The van der Waals surface area contributed by atoms with E-state index >= 15 is 0 Å². The van der Waals surface area contributed by atoms with Crippen LogP contribution in [0.4, 0.5) is 0 Å². The van der Waals surface area contributed by atoms with Crippen LogP contribution in [0.3, 0.4) is 0 Å². The molecule has 0 fully saturated rings. The maximum absolute atomic E-state index is 13.7. The Bertz CT molecular complexity index is 1310. The number of carbonyl (C=O) groups excluding carboxylic acids is 1. The standard InChI is InChI=1S/C27H29NO6/c1-5-12-33-20-9-8-18(15-21(20)32-6-2)23-22-24(30)19-14-16(3)13-17(4)25(19)34-26(22)27(31)28(23)10-7-11-29/h5,8-9,13-15,23,29H,1,6-7,10-12H2,2-4H3. The molecule has 2 aromatic carbocycles. The van der Waals surface area contributed by atoms with Gasteiger partial charge in [0, 0.05) is 13.2 Å². The molecule has 7 heteroatoms. The van der Waals surface area contributed by atoms with E-state index < -0.39 is 6.04 Å². The Morgan fingerprint density at radius 2 is 1.94 bits per heavy atom. The summed E-state index contributed by atoms with van der Waals surface area (Å²) in [6.45, 7) is 10.3. The highest BCUT2D eigenvalue weighted by Crippen LogP contribution is 2.41. The Hall–Kier alpha value is -3.58. The summed E-state index contributed by atoms with van der Waals surface area (Å²) in [6, 6.07) is 8.45. The van der Waals surface area contributed by atoms with E-state index in [1.54, 1.807) is 29.2 Å². The quantitative estimate of drug-likeness (QED) is 0.476. The second-order valence-electron chi connectivity index (χ2n) is 8.35. The summed E-state index contributed by atoms with van der Waals surface area (Å²) in [5, 5.41) is 9.88. The Morgan fingerprint density at radius 1 is 1.15 bits per heavy atom. The number of aryl methyl sites for hydroxylation is 2. The Labute approximate surface area is 198 Å². The van der Waals surface area contributed by atoms with E-state index in [0.29, 0.717) is 53.2 Å². The zero-order valence-corrected chi connectivity index (χ0v) is 19.7. The molecule has 178 valence electrons. The number of hydrogen-bond acceptors (Lipinski definition) is 6. The predicted octanol–water partition coefficient (Wildman–Crippen LogP) is 4.30. The van der Waals surface area contributed by atoms with Gasteiger partial charge < -0.3 is 23.9 Å². The van der Waals surface area contributed by atoms with Gasteiger partial charge in [-0.2, -0.15) is 0 Å². The van der Waals surface area contributed by atoms with Gasteiger partial charge in [-0.1, -0.05) is 24.8 Å². The highest BCUT2D eigenvalue weighted by atomic mass is 16.5. The number of fused-ring (bicyclic) bond motifs is 2. The molecule has 1 aromatic heterocycles. The van der Waals surface area contributed by atoms with Gasteiger partial charge in [-0.3, -0.25) is 9.59 Å². The van der Waals surface area contributed by atoms with Crippen LogP contribution in [0.25, 0.3) is 11.0 Å². The molecule has 0 saturated carbocycles. The normalized spacial score (nSPS) is 15.0. The minimum atomic E-state index is -0.664. The van der Waals surface area contributed by atoms with Gasteiger partial charge in [0.05, 0.1) is 23.6 Å². The third-order valence-electron chi connectivity index (χ3n) is 5.89. The fourth-order valence-electron chi connectivity index (χ4n) is 4.52. The molecule has 0 spiro atoms. The van der Waals surface area contributed by atoms with E-state index in [9.17, 15) is 14.7 Å². The van der Waals surface area contributed by atoms with Crippen LogP contribution >= 0.6 is 0 Å². The maximum atomic E-state index is 13.7. The van der Waals surface area contributed by atoms with E-state index in [4.69, 9.17) is 13.9 Å². The zero-order valence-electron chi connectivity index (χ0n) is 19.7. The number of benzene rings is 2. The molecular weight excluding hydrogens is 434 g/mol. The lowest BCUT2D eigenvalue weighted by Gasteiger charge is -2.25. The van der Waals surface area contributed by atoms with E-state index in [1.165, 1.54) is 0 Å². The molecular formula is C27H29NO6. The maximum Gasteiger partial charge on any atom is 0.290 e. The van der Waals surface area contributed by atoms with Gasteiger partial charge >= 0.3 is 0 Å². The minimum Gasteiger partial charge on any atom is -0.490 e. The van der Waals surface area contributed by atoms with Gasteiger partial charge in [0.25, 0.3) is 5.91 Å². The molecule has 2 heterocycles. The van der Waals surface area contributed by atoms with Crippen LogP contribution in [0.5, 0.6) is 11.5 Å². The predicted molar refractivity (Wildman–Crippen MR) is 130 cm³/mol. The van der Waals surface area contributed by atoms with Crippen LogP contribution in [0.2, 0.25) is 0 Å². The summed E-state index contributed by atoms with van der Waals surface area (Å²) in [4.78, 5) is 28.7. The van der Waals surface area contributed by atoms with Crippen molar-refractivity contribution in [2.45, 2.75) is 33.2 Å². The first-order valence-electron chi connectivity index (χ1n) is 11.4. The minimum absolute atomic E-state index is 0.0531. The number of nitrogens with zero attached hydrogens (tertiary/aromatic N) is 1. The van der Waals surface area contributed by atoms with Crippen LogP contribution in [0, 0.1) is 13.8 Å². The van der Waals surface area contributed by atoms with Gasteiger partial charge in [0.1, 0.15) is 12.2 Å². The number of ether oxygens (including phenoxy) is 2. The fraction of sp³-hybridized carbons (Fsp3) is 0.333. The van der Waals surface area contributed by atoms with E-state index in [0.717, 1.165) is 11.1 Å². The second-order valence-corrected chi connectivity index (χ2v) is 8.35. The van der Waals surface area contributed by atoms with Crippen molar-refractivity contribution in [3.8, 4) is 11.5 Å². The van der Waals surface area contributed by atoms with Gasteiger partial charge in [-0.05, 0) is 62.1 Å². The summed E-state index contributed by atoms with van der Waals surface area (Å²) >= 11 is 0. The lowest BCUT2D eigenvalue weighted by molar-refractivity contribution is 0.0716. The van der Waals surface area contributed by atoms with E-state index in [1.807, 2.05) is 32.9 Å². The first kappa shape index (κ1) is 23.6. The molecule has 4 rings (SSSR count). The van der Waals surface area contributed by atoms with Crippen LogP contribution in [0.15, 0.2) is 52.2 Å². The van der Waals surface area contributed by atoms with Crippen LogP contribution in [-0.2, 0) is 0 Å². The third-order valence-corrected chi connectivity index (χ3v) is 5.89. The molecule has 1 aliphatic heterocycles. The molecule has 0 aliphatic carbocycles. The monoisotopic (exact) mass is 463 g/mol. The molecule has 7 nitrogen and oxygen atoms in total. The third kappa shape index (κ3) is 4.07. The molecule has 0 radical (unpaired) electrons. The number of carbonyl (C=O) groups is 1. The van der Waals surface area contributed by atoms with E-state index in [2.05, 4.69) is 6.58 Å². The molecule has 1 atom stereocenters. The number of aliphatic hydroxyl groups excluding tert-OH is 1. The van der Waals surface area contributed by atoms with Crippen molar-refractivity contribution in [2.75, 3.05) is 26.4 Å². The summed E-state index contributed by atoms with van der Waals surface area (Å²) in [7, 11) is 0. The van der Waals surface area contributed by atoms with Crippen LogP contribution in [-0.4, -0.2) is 42.3 Å². The molecule has 0 bridgehead atoms. The smallest absolute Gasteiger partial charge is 0.290 e. The lowest BCUT2D eigenvalue weighted by Crippen LogP contribution is -2.31. The average molecular weight is 464 g/mol. The van der Waals surface area contributed by atoms with Crippen molar-refractivity contribution in [3.05, 3.63) is 81.2 Å². The molecule has 34 heavy (non-hydrogen) atoms. The van der Waals surface area contributed by atoms with Gasteiger partial charge in [-0.15, -0.1) is 0 Å². The summed E-state index contributed by atoms with van der Waals surface area (Å²) < 4.78 is 17.6. The number of hydrogen-bond donors (Lipinski definition) is 1. The summed E-state index contributed by atoms with van der Waals surface area (Å²) in [6.07, 6.45) is 2.02. The SMILES string of the molecule is C=CCOc1ccc(C2c3c(oc4c(C)cc(C)cc4c3=O)C(=O)N2CCCO)cc1OCC. The van der Waals surface area contributed by atoms with Crippen molar-refractivity contribution < 1.29 is 23.8 Å². The highest BCUT2D eigenvalue weighted by molar-refractivity contribution is 5.99. The lowest BCUT2D eigenvalue weighted by atomic mass is 9.97. The zero-order chi connectivity index (χ0) is 24.4. The molecule has 3 aromatic rings. The summed E-state index contributed by atoms with van der Waals surface area (Å²) in [5.41, 5.74) is 2.96. The first-order chi connectivity index (χ1) is 16.4. The highest BCUT2D eigenvalue weighted by Gasteiger charge is 2.42. The fourth-order valence-corrected chi connectivity index (χ4v) is 4.52. The van der Waals surface area contributed by atoms with Crippen LogP contribution < -0.4 is 14.9 Å². The molecule has 1 aliphatic rings. The van der Waals surface area contributed by atoms with Crippen molar-refractivity contribution in [1.29, 1.82) is 0 Å². The van der Waals surface area contributed by atoms with Crippen molar-refractivity contribution in [3.63, 3.8) is 0 Å².